The lowest BCUT2D eigenvalue weighted by Crippen LogP contribution is -2.38. The van der Waals surface area contributed by atoms with E-state index in [1.54, 1.807) is 11.8 Å². The van der Waals surface area contributed by atoms with Crippen LogP contribution in [0.2, 0.25) is 0 Å². The number of hydrogen-bond donors (Lipinski definition) is 1. The average Bonchev–Trinajstić information content (AvgIpc) is 3.39. The van der Waals surface area contributed by atoms with Gasteiger partial charge in [0, 0.05) is 57.5 Å². The highest BCUT2D eigenvalue weighted by molar-refractivity contribution is 5.70. The van der Waals surface area contributed by atoms with Crippen molar-refractivity contribution >= 4 is 11.8 Å². The van der Waals surface area contributed by atoms with Crippen LogP contribution >= 0.6 is 0 Å². The van der Waals surface area contributed by atoms with Gasteiger partial charge in [0.05, 0.1) is 31.9 Å². The van der Waals surface area contributed by atoms with Crippen LogP contribution < -0.4 is 10.1 Å². The quantitative estimate of drug-likeness (QED) is 0.227. The number of nitrogens with one attached hydrogen (secondary N) is 1. The Balaban J connectivity index is 1.39. The predicted molar refractivity (Wildman–Crippen MR) is 180 cm³/mol. The van der Waals surface area contributed by atoms with Gasteiger partial charge in [0.25, 0.3) is 0 Å². The number of aryl methyl sites for hydroxylation is 2. The number of carbonyl (C=O) groups excluding carboxylic acids is 1. The summed E-state index contributed by atoms with van der Waals surface area (Å²) in [6, 6.07) is 13.2. The molecule has 2 aliphatic heterocycles. The van der Waals surface area contributed by atoms with Gasteiger partial charge in [-0.05, 0) is 78.7 Å². The molecule has 1 N–H and O–H groups in total. The molecule has 46 heavy (non-hydrogen) atoms. The smallest absolute Gasteiger partial charge is 0.306 e. The Morgan fingerprint density at radius 1 is 1.13 bits per heavy atom. The number of ether oxygens (including phenoxy) is 4. The number of fused-ring (bicyclic) bond motifs is 1. The molecule has 3 aromatic rings. The van der Waals surface area contributed by atoms with Gasteiger partial charge < -0.3 is 24.3 Å². The summed E-state index contributed by atoms with van der Waals surface area (Å²) in [4.78, 5) is 17.8. The van der Waals surface area contributed by atoms with Crippen molar-refractivity contribution < 1.29 is 23.7 Å². The van der Waals surface area contributed by atoms with Crippen LogP contribution in [0.5, 0.6) is 5.88 Å². The highest BCUT2D eigenvalue weighted by Gasteiger charge is 2.36. The number of pyridine rings is 1. The minimum atomic E-state index is -0.202. The molecule has 4 heterocycles. The summed E-state index contributed by atoms with van der Waals surface area (Å²) in [5, 5.41) is 8.22. The van der Waals surface area contributed by atoms with E-state index >= 15 is 0 Å². The van der Waals surface area contributed by atoms with Crippen LogP contribution in [0, 0.1) is 0 Å². The molecular formula is C37H52N4O5. The number of hydrogen-bond acceptors (Lipinski definition) is 8. The summed E-state index contributed by atoms with van der Waals surface area (Å²) in [5.74, 6) is 1.39. The molecule has 0 radical (unpaired) electrons. The van der Waals surface area contributed by atoms with Crippen LogP contribution in [0.3, 0.4) is 0 Å². The third-order valence-corrected chi connectivity index (χ3v) is 9.40. The molecule has 2 aromatic heterocycles. The average molecular weight is 633 g/mol. The first-order chi connectivity index (χ1) is 22.1. The minimum Gasteiger partial charge on any atom is -0.477 e. The number of nitrogens with zero attached hydrogens (tertiary/aromatic N) is 3. The van der Waals surface area contributed by atoms with E-state index in [-0.39, 0.29) is 29.1 Å². The molecule has 0 spiro atoms. The number of methoxy groups -OCH3 is 1. The van der Waals surface area contributed by atoms with Crippen LogP contribution in [0.25, 0.3) is 0 Å². The molecule has 1 aromatic carbocycles. The number of rotatable bonds is 13. The first-order valence-corrected chi connectivity index (χ1v) is 16.9. The van der Waals surface area contributed by atoms with Gasteiger partial charge >= 0.3 is 5.97 Å². The van der Waals surface area contributed by atoms with E-state index < -0.39 is 0 Å². The van der Waals surface area contributed by atoms with Crippen molar-refractivity contribution in [3.8, 4) is 5.88 Å². The number of benzene rings is 1. The second kappa shape index (κ2) is 15.0. The molecule has 2 aliphatic rings. The molecule has 5 rings (SSSR count). The summed E-state index contributed by atoms with van der Waals surface area (Å²) in [6.07, 6.45) is 5.58. The molecule has 9 heteroatoms. The first kappa shape index (κ1) is 33.9. The summed E-state index contributed by atoms with van der Waals surface area (Å²) in [7, 11) is 3.68. The Morgan fingerprint density at radius 3 is 2.67 bits per heavy atom. The molecule has 1 saturated heterocycles. The van der Waals surface area contributed by atoms with Crippen molar-refractivity contribution in [1.29, 1.82) is 0 Å². The zero-order valence-corrected chi connectivity index (χ0v) is 28.6. The SMILES string of the molecule is CCOC(=O)CC(Cc1cc(OCCc2ccc3c(n2)NCCC3)n(C)n1)c1cc(C(C)(C)C)cc(C2(COC)CCOCC2)c1. The van der Waals surface area contributed by atoms with E-state index in [1.165, 1.54) is 16.7 Å². The third kappa shape index (κ3) is 8.28. The van der Waals surface area contributed by atoms with Gasteiger partial charge in [0.15, 0.2) is 0 Å². The maximum atomic E-state index is 13.0. The second-order valence-electron chi connectivity index (χ2n) is 13.9. The van der Waals surface area contributed by atoms with Gasteiger partial charge in [-0.15, -0.1) is 0 Å². The Morgan fingerprint density at radius 2 is 1.93 bits per heavy atom. The Kier molecular flexibility index (Phi) is 11.1. The van der Waals surface area contributed by atoms with E-state index in [0.29, 0.717) is 51.8 Å². The molecule has 1 fully saturated rings. The summed E-state index contributed by atoms with van der Waals surface area (Å²) in [6.45, 7) is 12.4. The standard InChI is InChI=1S/C37H52N4O5/c1-7-45-34(42)22-28(27-19-29(36(2,3)4)23-30(20-27)37(25-43-6)13-17-44-18-14-37)21-32-24-33(41(5)40-32)46-16-12-31-11-10-26-9-8-15-38-35(26)39-31/h10-11,19-20,23-24,28H,7-9,12-18,21-22,25H2,1-6H3,(H,38,39). The maximum absolute atomic E-state index is 13.0. The van der Waals surface area contributed by atoms with Crippen molar-refractivity contribution in [2.24, 2.45) is 7.05 Å². The topological polar surface area (TPSA) is 96.7 Å². The summed E-state index contributed by atoms with van der Waals surface area (Å²) < 4.78 is 25.0. The van der Waals surface area contributed by atoms with Crippen LogP contribution in [0.1, 0.15) is 92.9 Å². The number of carbonyl (C=O) groups is 1. The number of aromatic nitrogens is 3. The molecule has 0 amide bonds. The minimum absolute atomic E-state index is 0.0757. The lowest BCUT2D eigenvalue weighted by Gasteiger charge is -2.38. The zero-order chi connectivity index (χ0) is 32.7. The molecular weight excluding hydrogens is 580 g/mol. The second-order valence-corrected chi connectivity index (χ2v) is 13.9. The lowest BCUT2D eigenvalue weighted by molar-refractivity contribution is -0.143. The maximum Gasteiger partial charge on any atom is 0.306 e. The molecule has 1 atom stereocenters. The molecule has 9 nitrogen and oxygen atoms in total. The molecule has 250 valence electrons. The van der Waals surface area contributed by atoms with Gasteiger partial charge in [-0.3, -0.25) is 4.79 Å². The van der Waals surface area contributed by atoms with Crippen LogP contribution in [0.15, 0.2) is 36.4 Å². The van der Waals surface area contributed by atoms with Gasteiger partial charge in [0.2, 0.25) is 5.88 Å². The molecule has 1 unspecified atom stereocenters. The van der Waals surface area contributed by atoms with Crippen LogP contribution in [0.4, 0.5) is 5.82 Å². The zero-order valence-electron chi connectivity index (χ0n) is 28.6. The van der Waals surface area contributed by atoms with Crippen molar-refractivity contribution in [2.45, 2.75) is 89.4 Å². The van der Waals surface area contributed by atoms with Crippen LogP contribution in [-0.4, -0.2) is 67.4 Å². The molecule has 0 bridgehead atoms. The van der Waals surface area contributed by atoms with Crippen molar-refractivity contribution in [2.75, 3.05) is 52.0 Å². The van der Waals surface area contributed by atoms with Gasteiger partial charge in [-0.1, -0.05) is 45.0 Å². The van der Waals surface area contributed by atoms with Crippen molar-refractivity contribution in [3.05, 3.63) is 70.0 Å². The van der Waals surface area contributed by atoms with Crippen molar-refractivity contribution in [1.82, 2.24) is 14.8 Å². The van der Waals surface area contributed by atoms with Gasteiger partial charge in [0.1, 0.15) is 5.82 Å². The Labute approximate surface area is 274 Å². The van der Waals surface area contributed by atoms with E-state index in [9.17, 15) is 4.79 Å². The van der Waals surface area contributed by atoms with Gasteiger partial charge in [-0.2, -0.15) is 5.10 Å². The molecule has 0 saturated carbocycles. The Hall–Kier alpha value is -3.43. The number of anilines is 1. The van der Waals surface area contributed by atoms with E-state index in [4.69, 9.17) is 29.0 Å². The predicted octanol–water partition coefficient (Wildman–Crippen LogP) is 6.07. The van der Waals surface area contributed by atoms with E-state index in [0.717, 1.165) is 55.0 Å². The molecule has 0 aliphatic carbocycles. The lowest BCUT2D eigenvalue weighted by atomic mass is 9.71. The monoisotopic (exact) mass is 632 g/mol. The highest BCUT2D eigenvalue weighted by atomic mass is 16.5. The van der Waals surface area contributed by atoms with Gasteiger partial charge in [-0.25, -0.2) is 9.67 Å². The van der Waals surface area contributed by atoms with Crippen molar-refractivity contribution in [3.63, 3.8) is 0 Å². The number of esters is 1. The fraction of sp³-hybridized carbons (Fsp3) is 0.595. The summed E-state index contributed by atoms with van der Waals surface area (Å²) in [5.41, 5.74) is 6.58. The first-order valence-electron chi connectivity index (χ1n) is 16.9. The highest BCUT2D eigenvalue weighted by Crippen LogP contribution is 2.40. The third-order valence-electron chi connectivity index (χ3n) is 9.40. The fourth-order valence-corrected chi connectivity index (χ4v) is 6.67. The Bertz CT molecular complexity index is 1470. The normalized spacial score (nSPS) is 16.7. The van der Waals surface area contributed by atoms with Crippen LogP contribution in [-0.2, 0) is 56.1 Å². The van der Waals surface area contributed by atoms with E-state index in [2.05, 4.69) is 56.4 Å². The largest absolute Gasteiger partial charge is 0.477 e. The summed E-state index contributed by atoms with van der Waals surface area (Å²) >= 11 is 0. The van der Waals surface area contributed by atoms with E-state index in [1.807, 2.05) is 20.0 Å². The fourth-order valence-electron chi connectivity index (χ4n) is 6.67.